The van der Waals surface area contributed by atoms with Crippen LogP contribution in [0.15, 0.2) is 61.3 Å². The molecule has 0 amide bonds. The van der Waals surface area contributed by atoms with Gasteiger partial charge in [-0.2, -0.15) is 0 Å². The summed E-state index contributed by atoms with van der Waals surface area (Å²) in [6.07, 6.45) is 3.15. The number of esters is 5. The Morgan fingerprint density at radius 1 is 0.574 bits per heavy atom. The van der Waals surface area contributed by atoms with E-state index < -0.39 is 0 Å². The minimum absolute atomic E-state index is 0. The number of halogens is 1. The minimum atomic E-state index is -0.359. The van der Waals surface area contributed by atoms with Crippen LogP contribution < -0.4 is 12.4 Å². The monoisotopic (exact) mass is 893 g/mol. The van der Waals surface area contributed by atoms with Gasteiger partial charge in [0.05, 0.1) is 27.7 Å². The van der Waals surface area contributed by atoms with E-state index in [0.717, 1.165) is 62.7 Å². The topological polar surface area (TPSA) is 141 Å². The van der Waals surface area contributed by atoms with Gasteiger partial charge in [0, 0.05) is 48.0 Å². The molecule has 360 valence electrons. The molecule has 15 heteroatoms. The van der Waals surface area contributed by atoms with Gasteiger partial charge in [0.2, 0.25) is 0 Å². The highest BCUT2D eigenvalue weighted by molar-refractivity contribution is 5.88. The predicted octanol–water partition coefficient (Wildman–Crippen LogP) is 3.78. The molecule has 0 spiro atoms. The second kappa shape index (κ2) is 42.9. The van der Waals surface area contributed by atoms with Gasteiger partial charge < -0.3 is 55.3 Å². The standard InChI is InChI=1S/C11H20O2.C10H19NO2.C9H18NO2.C8H15NO2.C7H13NO2.CH4.ClH/c1-9(2)10(12)13-8-6-7-11(3,4)5;1-5-11(6-2)7-8-13-10(12)9(3)4;1-8(2)9(11)12-7-6-10(3,4)5;1-7(2)8(10)11-6-5-9(3)4;1-4-7(9)10-6-5-8(2)3;;/h1,6-8H2,2-5H3;3,5-8H2,1-2,4H3;1,6-7H2,2-5H3;1,5-6H2,2-4H3;4H,1,5-6H2,2-3H3;1H4;1H/q;;+1;;;;/p-1. The van der Waals surface area contributed by atoms with Crippen molar-refractivity contribution in [3.63, 3.8) is 0 Å². The third-order valence-electron chi connectivity index (χ3n) is 6.95. The predicted molar refractivity (Wildman–Crippen MR) is 247 cm³/mol. The number of carbonyl (C=O) groups excluding carboxylic acids is 5. The van der Waals surface area contributed by atoms with Gasteiger partial charge in [0.15, 0.2) is 0 Å². The summed E-state index contributed by atoms with van der Waals surface area (Å²) in [7, 11) is 13.8. The van der Waals surface area contributed by atoms with Crippen molar-refractivity contribution in [1.29, 1.82) is 0 Å². The molecular formula is C46H89ClN4O10. The molecule has 0 aliphatic heterocycles. The van der Waals surface area contributed by atoms with E-state index in [-0.39, 0.29) is 49.7 Å². The van der Waals surface area contributed by atoms with Crippen LogP contribution in [0.3, 0.4) is 0 Å². The fraction of sp³-hybridized carbons (Fsp3) is 0.674. The van der Waals surface area contributed by atoms with E-state index in [0.29, 0.717) is 60.7 Å². The zero-order valence-corrected chi connectivity index (χ0v) is 41.3. The molecule has 0 aromatic heterocycles. The van der Waals surface area contributed by atoms with Crippen molar-refractivity contribution < 1.29 is 64.5 Å². The second-order valence-corrected chi connectivity index (χ2v) is 16.3. The highest BCUT2D eigenvalue weighted by Gasteiger charge is 2.11. The van der Waals surface area contributed by atoms with Gasteiger partial charge >= 0.3 is 29.8 Å². The quantitative estimate of drug-likeness (QED) is 0.0513. The normalized spacial score (nSPS) is 10.0. The van der Waals surface area contributed by atoms with Crippen molar-refractivity contribution in [2.75, 3.05) is 122 Å². The Morgan fingerprint density at radius 3 is 1.16 bits per heavy atom. The summed E-state index contributed by atoms with van der Waals surface area (Å²) in [5.74, 6) is -1.56. The van der Waals surface area contributed by atoms with Gasteiger partial charge in [-0.25, -0.2) is 24.0 Å². The number of rotatable bonds is 22. The van der Waals surface area contributed by atoms with E-state index >= 15 is 0 Å². The Labute approximate surface area is 379 Å². The van der Waals surface area contributed by atoms with Crippen LogP contribution >= 0.6 is 0 Å². The highest BCUT2D eigenvalue weighted by atomic mass is 35.5. The van der Waals surface area contributed by atoms with Gasteiger partial charge in [0.25, 0.3) is 0 Å². The molecule has 0 aromatic carbocycles. The first-order chi connectivity index (χ1) is 27.0. The number of likely N-dealkylation sites (N-methyl/N-ethyl adjacent to an activating group) is 4. The molecule has 0 unspecified atom stereocenters. The molecular weight excluding hydrogens is 804 g/mol. The molecule has 0 saturated carbocycles. The first kappa shape index (κ1) is 71.7. The summed E-state index contributed by atoms with van der Waals surface area (Å²) in [6.45, 7) is 41.9. The van der Waals surface area contributed by atoms with Crippen molar-refractivity contribution in [2.45, 2.75) is 82.6 Å². The Hall–Kier alpha value is -3.82. The molecule has 0 rings (SSSR count). The molecule has 0 saturated heterocycles. The lowest BCUT2D eigenvalue weighted by molar-refractivity contribution is -0.870. The van der Waals surface area contributed by atoms with E-state index in [1.54, 1.807) is 27.7 Å². The van der Waals surface area contributed by atoms with Gasteiger partial charge in [-0.05, 0) is 87.2 Å². The fourth-order valence-corrected chi connectivity index (χ4v) is 3.19. The number of carbonyl (C=O) groups is 5. The molecule has 0 aliphatic rings. The van der Waals surface area contributed by atoms with Gasteiger partial charge in [0.1, 0.15) is 33.0 Å². The van der Waals surface area contributed by atoms with Crippen LogP contribution in [0.25, 0.3) is 0 Å². The zero-order chi connectivity index (χ0) is 47.4. The van der Waals surface area contributed by atoms with Crippen molar-refractivity contribution in [1.82, 2.24) is 14.7 Å². The number of hydrogen-bond donors (Lipinski definition) is 0. The van der Waals surface area contributed by atoms with Crippen molar-refractivity contribution >= 4 is 29.8 Å². The molecule has 0 heterocycles. The Morgan fingerprint density at radius 2 is 0.885 bits per heavy atom. The molecule has 0 bridgehead atoms. The maximum absolute atomic E-state index is 11.0. The molecule has 0 atom stereocenters. The average molecular weight is 894 g/mol. The van der Waals surface area contributed by atoms with Gasteiger partial charge in [-0.15, -0.1) is 0 Å². The summed E-state index contributed by atoms with van der Waals surface area (Å²) < 4.78 is 25.2. The number of ether oxygens (including phenoxy) is 5. The first-order valence-electron chi connectivity index (χ1n) is 19.9. The van der Waals surface area contributed by atoms with Crippen LogP contribution in [0.2, 0.25) is 0 Å². The molecule has 0 N–H and O–H groups in total. The van der Waals surface area contributed by atoms with Crippen LogP contribution in [0.1, 0.15) is 82.6 Å². The fourth-order valence-electron chi connectivity index (χ4n) is 3.19. The largest absolute Gasteiger partial charge is 1.00 e. The van der Waals surface area contributed by atoms with Gasteiger partial charge in [-0.3, -0.25) is 0 Å². The Kier molecular flexibility index (Phi) is 50.4. The highest BCUT2D eigenvalue weighted by Crippen LogP contribution is 2.20. The third-order valence-corrected chi connectivity index (χ3v) is 6.95. The van der Waals surface area contributed by atoms with E-state index in [4.69, 9.17) is 23.7 Å². The summed E-state index contributed by atoms with van der Waals surface area (Å²) >= 11 is 0. The summed E-state index contributed by atoms with van der Waals surface area (Å²) in [5.41, 5.74) is 2.14. The maximum Gasteiger partial charge on any atom is 0.333 e. The third kappa shape index (κ3) is 63.0. The van der Waals surface area contributed by atoms with E-state index in [1.165, 1.54) is 0 Å². The summed E-state index contributed by atoms with van der Waals surface area (Å²) in [6, 6.07) is 0. The lowest BCUT2D eigenvalue weighted by Gasteiger charge is -2.23. The number of quaternary nitrogens is 1. The van der Waals surface area contributed by atoms with Crippen LogP contribution in [-0.4, -0.2) is 171 Å². The average Bonchev–Trinajstić information content (AvgIpc) is 3.11. The molecule has 0 aliphatic carbocycles. The molecule has 14 nitrogen and oxygen atoms in total. The van der Waals surface area contributed by atoms with Crippen LogP contribution in [0.5, 0.6) is 0 Å². The van der Waals surface area contributed by atoms with Crippen molar-refractivity contribution in [3.05, 3.63) is 61.3 Å². The maximum atomic E-state index is 11.0. The van der Waals surface area contributed by atoms with E-state index in [2.05, 4.69) is 93.6 Å². The smallest absolute Gasteiger partial charge is 0.333 e. The Bertz CT molecular complexity index is 1270. The molecule has 61 heavy (non-hydrogen) atoms. The van der Waals surface area contributed by atoms with Crippen molar-refractivity contribution in [2.24, 2.45) is 5.41 Å². The number of hydrogen-bond acceptors (Lipinski definition) is 13. The van der Waals surface area contributed by atoms with E-state index in [9.17, 15) is 24.0 Å². The van der Waals surface area contributed by atoms with Gasteiger partial charge in [-0.1, -0.05) is 74.9 Å². The SMILES string of the molecule is C.C=C(C)C(=O)OCCCC(C)(C)C.C=C(C)C(=O)OCCN(C)C.C=C(C)C(=O)OCCN(CC)CC.C=C(C)C(=O)OCC[N+](C)(C)C.C=CC(=O)OCCN(C)C.[Cl-]. The number of nitrogens with zero attached hydrogens (tertiary/aromatic N) is 4. The lowest BCUT2D eigenvalue weighted by atomic mass is 9.91. The summed E-state index contributed by atoms with van der Waals surface area (Å²) in [5, 5.41) is 0. The second-order valence-electron chi connectivity index (χ2n) is 16.3. The van der Waals surface area contributed by atoms with Crippen LogP contribution in [0.4, 0.5) is 0 Å². The lowest BCUT2D eigenvalue weighted by Crippen LogP contribution is -3.00. The zero-order valence-electron chi connectivity index (χ0n) is 40.6. The molecule has 0 radical (unpaired) electrons. The van der Waals surface area contributed by atoms with Crippen molar-refractivity contribution in [3.8, 4) is 0 Å². The summed E-state index contributed by atoms with van der Waals surface area (Å²) in [4.78, 5) is 60.1. The first-order valence-corrected chi connectivity index (χ1v) is 19.9. The minimum Gasteiger partial charge on any atom is -1.00 e. The Balaban J connectivity index is -0.000000119. The van der Waals surface area contributed by atoms with Crippen LogP contribution in [-0.2, 0) is 47.7 Å². The van der Waals surface area contributed by atoms with Crippen LogP contribution in [0, 0.1) is 5.41 Å². The molecule has 0 fully saturated rings. The van der Waals surface area contributed by atoms with E-state index in [1.807, 2.05) is 38.0 Å². The molecule has 0 aromatic rings.